The largest absolute Gasteiger partial charge is 0.462 e. The van der Waals surface area contributed by atoms with E-state index in [0.717, 1.165) is 19.2 Å². The van der Waals surface area contributed by atoms with Gasteiger partial charge in [0.05, 0.1) is 6.10 Å². The van der Waals surface area contributed by atoms with Gasteiger partial charge in [-0.2, -0.15) is 5.09 Å². The predicted octanol–water partition coefficient (Wildman–Crippen LogP) is 0.729. The first-order valence-corrected chi connectivity index (χ1v) is 12.8. The summed E-state index contributed by atoms with van der Waals surface area (Å²) < 4.78 is 51.4. The van der Waals surface area contributed by atoms with Crippen molar-refractivity contribution in [1.82, 2.24) is 14.6 Å². The summed E-state index contributed by atoms with van der Waals surface area (Å²) in [5, 5.41) is 24.6. The molecule has 2 aromatic rings. The number of hydrogen-bond donors (Lipinski definition) is 4. The Hall–Kier alpha value is -2.87. The van der Waals surface area contributed by atoms with Gasteiger partial charge in [-0.25, -0.2) is 13.8 Å². The van der Waals surface area contributed by atoms with Gasteiger partial charge in [0.1, 0.15) is 17.4 Å². The van der Waals surface area contributed by atoms with Gasteiger partial charge in [0.2, 0.25) is 0 Å². The second kappa shape index (κ2) is 9.15. The minimum absolute atomic E-state index is 0.0267. The van der Waals surface area contributed by atoms with Gasteiger partial charge in [0, 0.05) is 12.3 Å². The first-order chi connectivity index (χ1) is 17.1. The van der Waals surface area contributed by atoms with E-state index in [1.807, 2.05) is 4.98 Å². The summed E-state index contributed by atoms with van der Waals surface area (Å²) in [5.74, 6) is -3.92. The monoisotopic (exact) mass is 543 g/mol. The number of aromatic amines is 1. The molecule has 7 atom stereocenters. The smallest absolute Gasteiger partial charge is 0.460 e. The molecule has 0 radical (unpaired) electrons. The quantitative estimate of drug-likeness (QED) is 0.259. The highest BCUT2D eigenvalue weighted by molar-refractivity contribution is 7.52. The summed E-state index contributed by atoms with van der Waals surface area (Å²) >= 11 is 0. The van der Waals surface area contributed by atoms with E-state index in [2.05, 4.69) is 5.09 Å². The zero-order valence-corrected chi connectivity index (χ0v) is 21.2. The van der Waals surface area contributed by atoms with Crippen LogP contribution in [0.15, 0.2) is 52.2 Å². The lowest BCUT2D eigenvalue weighted by Gasteiger charge is -2.33. The van der Waals surface area contributed by atoms with Gasteiger partial charge in [-0.15, -0.1) is 0 Å². The lowest BCUT2D eigenvalue weighted by atomic mass is 9.95. The summed E-state index contributed by atoms with van der Waals surface area (Å²) in [4.78, 5) is 37.8. The molecule has 0 spiro atoms. The number of aliphatic hydroxyl groups is 2. The molecule has 2 heterocycles. The first-order valence-electron chi connectivity index (χ1n) is 11.3. The number of nitrogens with zero attached hydrogens (tertiary/aromatic N) is 1. The number of nitrogens with one attached hydrogen (secondary N) is 2. The van der Waals surface area contributed by atoms with E-state index in [0.29, 0.717) is 4.57 Å². The van der Waals surface area contributed by atoms with E-state index in [4.69, 9.17) is 18.5 Å². The topological polar surface area (TPSA) is 178 Å². The maximum atomic E-state index is 15.9. The molecular formula is C22H27FN3O10P. The van der Waals surface area contributed by atoms with Gasteiger partial charge >= 0.3 is 19.4 Å². The molecule has 0 amide bonds. The summed E-state index contributed by atoms with van der Waals surface area (Å²) in [7, 11) is -4.65. The molecule has 1 saturated carbocycles. The predicted molar refractivity (Wildman–Crippen MR) is 124 cm³/mol. The number of fused-ring (bicyclic) bond motifs is 1. The number of carbonyl (C=O) groups excluding carboxylic acids is 1. The molecule has 13 nitrogen and oxygen atoms in total. The molecule has 0 bridgehead atoms. The molecular weight excluding hydrogens is 516 g/mol. The number of esters is 1. The molecule has 37 heavy (non-hydrogen) atoms. The number of hydrogen-bond acceptors (Lipinski definition) is 10. The minimum Gasteiger partial charge on any atom is -0.462 e. The molecule has 15 heteroatoms. The first kappa shape index (κ1) is 27.2. The fourth-order valence-corrected chi connectivity index (χ4v) is 5.84. The lowest BCUT2D eigenvalue weighted by Crippen LogP contribution is -2.51. The molecule has 4 N–H and O–H groups in total. The average molecular weight is 543 g/mol. The van der Waals surface area contributed by atoms with E-state index in [9.17, 15) is 29.2 Å². The maximum absolute atomic E-state index is 15.9. The van der Waals surface area contributed by atoms with Crippen LogP contribution in [0, 0.1) is 0 Å². The standard InChI is InChI=1S/C22H27FN3O10P/c1-12(2)33-16(28)13(3)25-37(32,35-14-8-6-5-7-9-14)36-17-21(31)20(4,30)18(34-22(17,21)23)26-11-10-15(27)24-19(26)29/h5-13,17-18,30-31H,1-4H3,(H,25,32)(H,24,27,29)/t13?,17?,18-,20+,21+,22-,37?/m1/s1. The highest BCUT2D eigenvalue weighted by Crippen LogP contribution is 2.71. The molecule has 1 aliphatic heterocycles. The Morgan fingerprint density at radius 3 is 2.41 bits per heavy atom. The summed E-state index contributed by atoms with van der Waals surface area (Å²) in [6.07, 6.45) is -3.38. The number of halogens is 1. The molecule has 2 fully saturated rings. The van der Waals surface area contributed by atoms with Gasteiger partial charge in [0.25, 0.3) is 11.4 Å². The molecule has 1 aliphatic carbocycles. The summed E-state index contributed by atoms with van der Waals surface area (Å²) in [6, 6.07) is 7.32. The van der Waals surface area contributed by atoms with Crippen LogP contribution in [0.25, 0.3) is 0 Å². The van der Waals surface area contributed by atoms with Crippen LogP contribution in [0.1, 0.15) is 33.9 Å². The van der Waals surface area contributed by atoms with Crippen molar-refractivity contribution < 1.29 is 42.5 Å². The third kappa shape index (κ3) is 4.54. The molecule has 2 aliphatic rings. The van der Waals surface area contributed by atoms with Crippen molar-refractivity contribution in [1.29, 1.82) is 0 Å². The van der Waals surface area contributed by atoms with E-state index in [1.54, 1.807) is 32.0 Å². The Morgan fingerprint density at radius 2 is 1.86 bits per heavy atom. The number of alkyl halides is 1. The van der Waals surface area contributed by atoms with Crippen molar-refractivity contribution in [3.05, 3.63) is 63.4 Å². The van der Waals surface area contributed by atoms with Gasteiger partial charge in [-0.3, -0.25) is 23.7 Å². The molecule has 3 unspecified atom stereocenters. The Balaban J connectivity index is 1.62. The number of aromatic nitrogens is 2. The van der Waals surface area contributed by atoms with Crippen molar-refractivity contribution in [3.8, 4) is 5.75 Å². The van der Waals surface area contributed by atoms with Crippen molar-refractivity contribution in [2.75, 3.05) is 0 Å². The van der Waals surface area contributed by atoms with Crippen molar-refractivity contribution in [2.45, 2.75) is 69.2 Å². The van der Waals surface area contributed by atoms with Crippen LogP contribution in [0.5, 0.6) is 5.75 Å². The zero-order valence-electron chi connectivity index (χ0n) is 20.3. The molecule has 4 rings (SSSR count). The normalized spacial score (nSPS) is 32.9. The minimum atomic E-state index is -4.65. The molecule has 202 valence electrons. The Bertz CT molecular complexity index is 1350. The fraction of sp³-hybridized carbons (Fsp3) is 0.500. The highest BCUT2D eigenvalue weighted by atomic mass is 31.2. The van der Waals surface area contributed by atoms with E-state index in [-0.39, 0.29) is 5.75 Å². The van der Waals surface area contributed by atoms with Crippen molar-refractivity contribution in [3.63, 3.8) is 0 Å². The van der Waals surface area contributed by atoms with E-state index < -0.39 is 66.5 Å². The average Bonchev–Trinajstić information content (AvgIpc) is 3.19. The van der Waals surface area contributed by atoms with E-state index in [1.165, 1.54) is 19.1 Å². The second-order valence-electron chi connectivity index (χ2n) is 9.27. The van der Waals surface area contributed by atoms with Gasteiger partial charge in [-0.1, -0.05) is 18.2 Å². The molecule has 1 aromatic heterocycles. The highest BCUT2D eigenvalue weighted by Gasteiger charge is 2.95. The molecule has 1 saturated heterocycles. The SMILES string of the molecule is CC(C)OC(=O)C(C)NP(=O)(Oc1ccccc1)OC1[C@]2(O)[C@@](C)(O)[C@H](n3ccc(=O)[nH]c3=O)O[C@]12F. The van der Waals surface area contributed by atoms with Crippen molar-refractivity contribution >= 4 is 13.7 Å². The Kier molecular flexibility index (Phi) is 6.72. The number of para-hydroxylation sites is 1. The fourth-order valence-electron chi connectivity index (χ4n) is 4.14. The van der Waals surface area contributed by atoms with Gasteiger partial charge in [-0.05, 0) is 39.8 Å². The van der Waals surface area contributed by atoms with Crippen LogP contribution < -0.4 is 20.9 Å². The number of ether oxygens (including phenoxy) is 2. The number of benzene rings is 1. The van der Waals surface area contributed by atoms with Crippen LogP contribution in [-0.4, -0.2) is 61.0 Å². The number of carbonyl (C=O) groups is 1. The van der Waals surface area contributed by atoms with Crippen molar-refractivity contribution in [2.24, 2.45) is 0 Å². The summed E-state index contributed by atoms with van der Waals surface area (Å²) in [6.45, 7) is 5.52. The maximum Gasteiger partial charge on any atom is 0.460 e. The van der Waals surface area contributed by atoms with Crippen LogP contribution >= 0.6 is 7.75 Å². The van der Waals surface area contributed by atoms with Crippen LogP contribution in [0.3, 0.4) is 0 Å². The van der Waals surface area contributed by atoms with Gasteiger partial charge in [0.15, 0.2) is 17.9 Å². The Morgan fingerprint density at radius 1 is 1.22 bits per heavy atom. The Labute approximate surface area is 209 Å². The molecule has 1 aromatic carbocycles. The van der Waals surface area contributed by atoms with E-state index >= 15 is 4.39 Å². The second-order valence-corrected chi connectivity index (χ2v) is 10.9. The van der Waals surface area contributed by atoms with Crippen LogP contribution in [0.4, 0.5) is 4.39 Å². The zero-order chi connectivity index (χ0) is 27.4. The summed E-state index contributed by atoms with van der Waals surface area (Å²) in [5.41, 5.74) is -7.11. The lowest BCUT2D eigenvalue weighted by molar-refractivity contribution is -0.180. The van der Waals surface area contributed by atoms with Gasteiger partial charge < -0.3 is 24.2 Å². The number of rotatable bonds is 9. The van der Waals surface area contributed by atoms with Crippen LogP contribution in [-0.2, 0) is 23.4 Å². The number of H-pyrrole nitrogens is 1. The third-order valence-corrected chi connectivity index (χ3v) is 7.71. The third-order valence-electron chi connectivity index (χ3n) is 6.06. The van der Waals surface area contributed by atoms with Crippen LogP contribution in [0.2, 0.25) is 0 Å².